The van der Waals surface area contributed by atoms with Crippen LogP contribution in [0.15, 0.2) is 12.1 Å². The van der Waals surface area contributed by atoms with E-state index in [-0.39, 0.29) is 0 Å². The van der Waals surface area contributed by atoms with Gasteiger partial charge in [-0.3, -0.25) is 4.90 Å². The number of hydrogen-bond acceptors (Lipinski definition) is 4. The molecule has 1 saturated heterocycles. The summed E-state index contributed by atoms with van der Waals surface area (Å²) in [5.41, 5.74) is 1.79. The molecule has 5 nitrogen and oxygen atoms in total. The van der Waals surface area contributed by atoms with Crippen molar-refractivity contribution in [2.75, 3.05) is 51.8 Å². The highest BCUT2D eigenvalue weighted by atomic mass is 35.5. The molecule has 7 heteroatoms. The molecule has 0 radical (unpaired) electrons. The van der Waals surface area contributed by atoms with E-state index in [0.717, 1.165) is 50.6 Å². The quantitative estimate of drug-likeness (QED) is 0.800. The number of rotatable bonds is 5. The molecule has 0 spiro atoms. The molecule has 1 fully saturated rings. The summed E-state index contributed by atoms with van der Waals surface area (Å²) < 4.78 is 10.7. The number of hydrogen-bond donors (Lipinski definition) is 2. The minimum atomic E-state index is 0.577. The molecule has 0 aliphatic carbocycles. The molecule has 1 aromatic carbocycles. The number of nitrogens with zero attached hydrogens (tertiary/aromatic N) is 1. The molecule has 0 amide bonds. The third-order valence-electron chi connectivity index (χ3n) is 3.55. The van der Waals surface area contributed by atoms with E-state index in [2.05, 4.69) is 15.5 Å². The molecule has 2 rings (SSSR count). The minimum absolute atomic E-state index is 0.577. The molecule has 0 atom stereocenters. The van der Waals surface area contributed by atoms with E-state index >= 15 is 0 Å². The summed E-state index contributed by atoms with van der Waals surface area (Å²) >= 11 is 11.4. The van der Waals surface area contributed by atoms with Gasteiger partial charge in [-0.1, -0.05) is 11.6 Å². The van der Waals surface area contributed by atoms with Crippen LogP contribution in [0.4, 0.5) is 5.69 Å². The number of morpholine rings is 1. The number of aryl methyl sites for hydroxylation is 1. The Hall–Kier alpha value is -1.08. The van der Waals surface area contributed by atoms with Gasteiger partial charge in [0.2, 0.25) is 0 Å². The highest BCUT2D eigenvalue weighted by molar-refractivity contribution is 7.80. The lowest BCUT2D eigenvalue weighted by molar-refractivity contribution is 0.0389. The third-order valence-corrected chi connectivity index (χ3v) is 4.20. The van der Waals surface area contributed by atoms with Crippen molar-refractivity contribution in [3.8, 4) is 5.75 Å². The Bertz CT molecular complexity index is 522. The standard InChI is InChI=1S/C15H22ClN3O2S/c1-11-9-13(14(20-2)10-12(11)16)18-15(22)17-3-4-19-5-7-21-8-6-19/h9-10H,3-8H2,1-2H3,(H2,17,18,22). The van der Waals surface area contributed by atoms with Crippen molar-refractivity contribution in [3.63, 3.8) is 0 Å². The lowest BCUT2D eigenvalue weighted by Crippen LogP contribution is -2.42. The summed E-state index contributed by atoms with van der Waals surface area (Å²) in [7, 11) is 1.61. The summed E-state index contributed by atoms with van der Waals surface area (Å²) in [5.74, 6) is 0.674. The van der Waals surface area contributed by atoms with Crippen molar-refractivity contribution in [2.24, 2.45) is 0 Å². The Kier molecular flexibility index (Phi) is 6.70. The van der Waals surface area contributed by atoms with Crippen LogP contribution in [-0.4, -0.2) is 56.5 Å². The monoisotopic (exact) mass is 343 g/mol. The molecule has 122 valence electrons. The van der Waals surface area contributed by atoms with E-state index in [4.69, 9.17) is 33.3 Å². The number of nitrogens with one attached hydrogen (secondary N) is 2. The van der Waals surface area contributed by atoms with Crippen LogP contribution in [-0.2, 0) is 4.74 Å². The van der Waals surface area contributed by atoms with Crippen LogP contribution in [0.5, 0.6) is 5.75 Å². The number of methoxy groups -OCH3 is 1. The fourth-order valence-corrected chi connectivity index (χ4v) is 2.61. The fraction of sp³-hybridized carbons (Fsp3) is 0.533. The van der Waals surface area contributed by atoms with E-state index < -0.39 is 0 Å². The molecule has 0 bridgehead atoms. The Labute approximate surface area is 141 Å². The average Bonchev–Trinajstić information content (AvgIpc) is 2.51. The van der Waals surface area contributed by atoms with Crippen molar-refractivity contribution in [1.82, 2.24) is 10.2 Å². The molecule has 0 unspecified atom stereocenters. The Morgan fingerprint density at radius 1 is 1.41 bits per heavy atom. The van der Waals surface area contributed by atoms with Gasteiger partial charge in [0.05, 0.1) is 26.0 Å². The summed E-state index contributed by atoms with van der Waals surface area (Å²) in [6.07, 6.45) is 0. The second kappa shape index (κ2) is 8.53. The van der Waals surface area contributed by atoms with Gasteiger partial charge < -0.3 is 20.1 Å². The van der Waals surface area contributed by atoms with E-state index in [9.17, 15) is 0 Å². The van der Waals surface area contributed by atoms with Crippen LogP contribution in [0.25, 0.3) is 0 Å². The summed E-state index contributed by atoms with van der Waals surface area (Å²) in [6, 6.07) is 3.71. The lowest BCUT2D eigenvalue weighted by Gasteiger charge is -2.26. The van der Waals surface area contributed by atoms with Gasteiger partial charge in [-0.2, -0.15) is 0 Å². The molecule has 1 aromatic rings. The predicted octanol–water partition coefficient (Wildman–Crippen LogP) is 2.28. The topological polar surface area (TPSA) is 45.8 Å². The smallest absolute Gasteiger partial charge is 0.170 e. The molecule has 1 aliphatic heterocycles. The average molecular weight is 344 g/mol. The molecule has 22 heavy (non-hydrogen) atoms. The zero-order chi connectivity index (χ0) is 15.9. The minimum Gasteiger partial charge on any atom is -0.495 e. The Morgan fingerprint density at radius 2 is 2.14 bits per heavy atom. The van der Waals surface area contributed by atoms with E-state index in [0.29, 0.717) is 15.9 Å². The Morgan fingerprint density at radius 3 is 2.82 bits per heavy atom. The maximum atomic E-state index is 6.10. The first-order chi connectivity index (χ1) is 10.6. The maximum Gasteiger partial charge on any atom is 0.170 e. The van der Waals surface area contributed by atoms with Crippen molar-refractivity contribution in [2.45, 2.75) is 6.92 Å². The number of halogens is 1. The van der Waals surface area contributed by atoms with Gasteiger partial charge in [-0.15, -0.1) is 0 Å². The summed E-state index contributed by atoms with van der Waals surface area (Å²) in [5, 5.41) is 7.63. The second-order valence-corrected chi connectivity index (χ2v) is 5.95. The van der Waals surface area contributed by atoms with Crippen LogP contribution in [0.1, 0.15) is 5.56 Å². The van der Waals surface area contributed by atoms with Crippen molar-refractivity contribution in [3.05, 3.63) is 22.7 Å². The van der Waals surface area contributed by atoms with Crippen LogP contribution >= 0.6 is 23.8 Å². The molecule has 1 heterocycles. The largest absolute Gasteiger partial charge is 0.495 e. The molecule has 0 saturated carbocycles. The van der Waals surface area contributed by atoms with Gasteiger partial charge in [-0.05, 0) is 30.8 Å². The van der Waals surface area contributed by atoms with Crippen LogP contribution in [0.2, 0.25) is 5.02 Å². The van der Waals surface area contributed by atoms with Gasteiger partial charge in [0.25, 0.3) is 0 Å². The van der Waals surface area contributed by atoms with Crippen LogP contribution < -0.4 is 15.4 Å². The zero-order valence-electron chi connectivity index (χ0n) is 12.9. The molecular weight excluding hydrogens is 322 g/mol. The predicted molar refractivity (Wildman–Crippen MR) is 94.2 cm³/mol. The molecule has 2 N–H and O–H groups in total. The Balaban J connectivity index is 1.82. The fourth-order valence-electron chi connectivity index (χ4n) is 2.25. The van der Waals surface area contributed by atoms with E-state index in [1.54, 1.807) is 13.2 Å². The highest BCUT2D eigenvalue weighted by Crippen LogP contribution is 2.30. The first-order valence-corrected chi connectivity index (χ1v) is 8.08. The van der Waals surface area contributed by atoms with Gasteiger partial charge in [0.15, 0.2) is 5.11 Å². The van der Waals surface area contributed by atoms with Crippen LogP contribution in [0, 0.1) is 6.92 Å². The zero-order valence-corrected chi connectivity index (χ0v) is 14.5. The highest BCUT2D eigenvalue weighted by Gasteiger charge is 2.11. The normalized spacial score (nSPS) is 15.4. The number of ether oxygens (including phenoxy) is 2. The van der Waals surface area contributed by atoms with Gasteiger partial charge in [0, 0.05) is 37.3 Å². The third kappa shape index (κ3) is 4.98. The van der Waals surface area contributed by atoms with Crippen molar-refractivity contribution < 1.29 is 9.47 Å². The SMILES string of the molecule is COc1cc(Cl)c(C)cc1NC(=S)NCCN1CCOCC1. The number of benzene rings is 1. The van der Waals surface area contributed by atoms with Crippen molar-refractivity contribution in [1.29, 1.82) is 0 Å². The van der Waals surface area contributed by atoms with Gasteiger partial charge >= 0.3 is 0 Å². The van der Waals surface area contributed by atoms with Gasteiger partial charge in [0.1, 0.15) is 5.75 Å². The van der Waals surface area contributed by atoms with Crippen LogP contribution in [0.3, 0.4) is 0 Å². The maximum absolute atomic E-state index is 6.10. The molecule has 0 aromatic heterocycles. The first kappa shape index (κ1) is 17.3. The summed E-state index contributed by atoms with van der Waals surface area (Å²) in [4.78, 5) is 2.35. The van der Waals surface area contributed by atoms with E-state index in [1.165, 1.54) is 0 Å². The lowest BCUT2D eigenvalue weighted by atomic mass is 10.2. The second-order valence-electron chi connectivity index (χ2n) is 5.14. The number of anilines is 1. The number of thiocarbonyl (C=S) groups is 1. The summed E-state index contributed by atoms with van der Waals surface area (Å²) in [6.45, 7) is 7.26. The van der Waals surface area contributed by atoms with E-state index in [1.807, 2.05) is 13.0 Å². The molecular formula is C15H22ClN3O2S. The first-order valence-electron chi connectivity index (χ1n) is 7.29. The van der Waals surface area contributed by atoms with Crippen molar-refractivity contribution >= 4 is 34.6 Å². The molecule has 1 aliphatic rings. The van der Waals surface area contributed by atoms with Gasteiger partial charge in [-0.25, -0.2) is 0 Å².